The topological polar surface area (TPSA) is 49.4 Å². The molecule has 132 valence electrons. The number of anilines is 2. The second-order valence-electron chi connectivity index (χ2n) is 5.69. The summed E-state index contributed by atoms with van der Waals surface area (Å²) in [4.78, 5) is 25.2. The summed E-state index contributed by atoms with van der Waals surface area (Å²) in [5.74, 6) is -3.11. The molecule has 2 aromatic rings. The van der Waals surface area contributed by atoms with Gasteiger partial charge in [0, 0.05) is 18.7 Å². The fourth-order valence-electron chi connectivity index (χ4n) is 2.43. The maximum Gasteiger partial charge on any atom is 0.244 e. The van der Waals surface area contributed by atoms with E-state index in [1.54, 1.807) is 13.0 Å². The van der Waals surface area contributed by atoms with E-state index in [9.17, 15) is 18.4 Å². The number of benzene rings is 2. The van der Waals surface area contributed by atoms with Crippen LogP contribution in [0.15, 0.2) is 30.3 Å². The molecule has 0 aliphatic rings. The lowest BCUT2D eigenvalue weighted by Gasteiger charge is -2.21. The number of aryl methyl sites for hydroxylation is 2. The second kappa shape index (κ2) is 7.61. The van der Waals surface area contributed by atoms with Crippen LogP contribution in [0.3, 0.4) is 0 Å². The summed E-state index contributed by atoms with van der Waals surface area (Å²) in [6.45, 7) is 4.56. The second-order valence-corrected chi connectivity index (χ2v) is 6.10. The first kappa shape index (κ1) is 18.9. The Labute approximate surface area is 149 Å². The molecule has 4 nitrogen and oxygen atoms in total. The van der Waals surface area contributed by atoms with E-state index in [0.717, 1.165) is 28.2 Å². The Morgan fingerprint density at radius 2 is 1.80 bits per heavy atom. The quantitative estimate of drug-likeness (QED) is 0.880. The molecule has 0 radical (unpaired) electrons. The lowest BCUT2D eigenvalue weighted by Crippen LogP contribution is -2.37. The molecule has 0 fully saturated rings. The highest BCUT2D eigenvalue weighted by molar-refractivity contribution is 6.34. The highest BCUT2D eigenvalue weighted by Crippen LogP contribution is 2.27. The van der Waals surface area contributed by atoms with Crippen LogP contribution < -0.4 is 10.2 Å². The fraction of sp³-hybridized carbons (Fsp3) is 0.222. The SMILES string of the molecule is CC(=O)N(CC(=O)Nc1c(C)cc(C)cc1Cl)c1ccc(F)c(F)c1. The first-order valence-electron chi connectivity index (χ1n) is 7.48. The van der Waals surface area contributed by atoms with Crippen molar-refractivity contribution in [3.05, 3.63) is 58.1 Å². The maximum absolute atomic E-state index is 13.4. The first-order chi connectivity index (χ1) is 11.7. The van der Waals surface area contributed by atoms with Gasteiger partial charge in [-0.1, -0.05) is 17.7 Å². The van der Waals surface area contributed by atoms with E-state index in [4.69, 9.17) is 11.6 Å². The minimum Gasteiger partial charge on any atom is -0.323 e. The third-order valence-electron chi connectivity index (χ3n) is 3.59. The molecule has 7 heteroatoms. The third-order valence-corrected chi connectivity index (χ3v) is 3.89. The van der Waals surface area contributed by atoms with Crippen molar-refractivity contribution in [1.82, 2.24) is 0 Å². The third kappa shape index (κ3) is 4.54. The van der Waals surface area contributed by atoms with Crippen LogP contribution in [0, 0.1) is 25.5 Å². The average Bonchev–Trinajstić information content (AvgIpc) is 2.51. The molecule has 0 unspecified atom stereocenters. The molecule has 2 rings (SSSR count). The summed E-state index contributed by atoms with van der Waals surface area (Å²) in [6.07, 6.45) is 0. The highest BCUT2D eigenvalue weighted by atomic mass is 35.5. The number of hydrogen-bond donors (Lipinski definition) is 1. The fourth-order valence-corrected chi connectivity index (χ4v) is 2.80. The van der Waals surface area contributed by atoms with Crippen LogP contribution in [0.1, 0.15) is 18.1 Å². The van der Waals surface area contributed by atoms with Crippen LogP contribution in [0.25, 0.3) is 0 Å². The monoisotopic (exact) mass is 366 g/mol. The predicted octanol–water partition coefficient (Wildman–Crippen LogP) is 4.23. The van der Waals surface area contributed by atoms with Crippen LogP contribution in [0.4, 0.5) is 20.2 Å². The minimum atomic E-state index is -1.10. The largest absolute Gasteiger partial charge is 0.323 e. The van der Waals surface area contributed by atoms with Gasteiger partial charge in [0.2, 0.25) is 11.8 Å². The van der Waals surface area contributed by atoms with Crippen molar-refractivity contribution in [2.45, 2.75) is 20.8 Å². The average molecular weight is 367 g/mol. The Kier molecular flexibility index (Phi) is 5.74. The van der Waals surface area contributed by atoms with E-state index in [1.165, 1.54) is 13.0 Å². The molecule has 0 bridgehead atoms. The summed E-state index contributed by atoms with van der Waals surface area (Å²) in [5, 5.41) is 3.04. The maximum atomic E-state index is 13.4. The van der Waals surface area contributed by atoms with Gasteiger partial charge in [0.25, 0.3) is 0 Å². The summed E-state index contributed by atoms with van der Waals surface area (Å²) >= 11 is 6.15. The number of amides is 2. The van der Waals surface area contributed by atoms with Crippen LogP contribution in [-0.2, 0) is 9.59 Å². The van der Waals surface area contributed by atoms with Gasteiger partial charge in [-0.05, 0) is 43.2 Å². The van der Waals surface area contributed by atoms with E-state index in [-0.39, 0.29) is 12.2 Å². The zero-order chi connectivity index (χ0) is 18.7. The Bertz CT molecular complexity index is 817. The van der Waals surface area contributed by atoms with E-state index in [1.807, 2.05) is 13.0 Å². The molecule has 0 aliphatic carbocycles. The van der Waals surface area contributed by atoms with Gasteiger partial charge < -0.3 is 10.2 Å². The van der Waals surface area contributed by atoms with Crippen molar-refractivity contribution in [1.29, 1.82) is 0 Å². The van der Waals surface area contributed by atoms with E-state index >= 15 is 0 Å². The summed E-state index contributed by atoms with van der Waals surface area (Å²) in [6, 6.07) is 6.58. The predicted molar refractivity (Wildman–Crippen MR) is 93.9 cm³/mol. The number of carbonyl (C=O) groups is 2. The van der Waals surface area contributed by atoms with Crippen molar-refractivity contribution in [2.24, 2.45) is 0 Å². The number of nitrogens with zero attached hydrogens (tertiary/aromatic N) is 1. The Balaban J connectivity index is 2.21. The van der Waals surface area contributed by atoms with Gasteiger partial charge in [-0.3, -0.25) is 9.59 Å². The van der Waals surface area contributed by atoms with Crippen molar-refractivity contribution in [3.63, 3.8) is 0 Å². The van der Waals surface area contributed by atoms with Crippen LogP contribution in [-0.4, -0.2) is 18.4 Å². The normalized spacial score (nSPS) is 10.5. The lowest BCUT2D eigenvalue weighted by atomic mass is 10.1. The number of nitrogens with one attached hydrogen (secondary N) is 1. The van der Waals surface area contributed by atoms with Gasteiger partial charge in [-0.2, -0.15) is 0 Å². The molecule has 0 aliphatic heterocycles. The summed E-state index contributed by atoms with van der Waals surface area (Å²) < 4.78 is 26.5. The number of rotatable bonds is 4. The molecule has 2 amide bonds. The van der Waals surface area contributed by atoms with Crippen LogP contribution in [0.5, 0.6) is 0 Å². The standard InChI is InChI=1S/C18H17ClF2N2O2/c1-10-6-11(2)18(14(19)7-10)22-17(25)9-23(12(3)24)13-4-5-15(20)16(21)8-13/h4-8H,9H2,1-3H3,(H,22,25). The first-order valence-corrected chi connectivity index (χ1v) is 7.86. The summed E-state index contributed by atoms with van der Waals surface area (Å²) in [5.41, 5.74) is 2.27. The Morgan fingerprint density at radius 1 is 1.12 bits per heavy atom. The number of halogens is 3. The molecule has 25 heavy (non-hydrogen) atoms. The zero-order valence-electron chi connectivity index (χ0n) is 14.0. The Hall–Kier alpha value is -2.47. The van der Waals surface area contributed by atoms with Gasteiger partial charge in [0.15, 0.2) is 11.6 Å². The highest BCUT2D eigenvalue weighted by Gasteiger charge is 2.18. The van der Waals surface area contributed by atoms with E-state index in [0.29, 0.717) is 10.7 Å². The van der Waals surface area contributed by atoms with Crippen LogP contribution >= 0.6 is 11.6 Å². The van der Waals surface area contributed by atoms with Crippen LogP contribution in [0.2, 0.25) is 5.02 Å². The molecule has 0 atom stereocenters. The molecule has 2 aromatic carbocycles. The molecule has 1 N–H and O–H groups in total. The smallest absolute Gasteiger partial charge is 0.244 e. The molecule has 0 heterocycles. The molecule has 0 saturated heterocycles. The zero-order valence-corrected chi connectivity index (χ0v) is 14.7. The van der Waals surface area contributed by atoms with Crippen molar-refractivity contribution >= 4 is 34.8 Å². The van der Waals surface area contributed by atoms with E-state index in [2.05, 4.69) is 5.32 Å². The van der Waals surface area contributed by atoms with Crippen molar-refractivity contribution in [3.8, 4) is 0 Å². The van der Waals surface area contributed by atoms with Crippen molar-refractivity contribution < 1.29 is 18.4 Å². The van der Waals surface area contributed by atoms with Gasteiger partial charge >= 0.3 is 0 Å². The van der Waals surface area contributed by atoms with Gasteiger partial charge in [-0.25, -0.2) is 8.78 Å². The molecule has 0 saturated carbocycles. The number of hydrogen-bond acceptors (Lipinski definition) is 2. The number of carbonyl (C=O) groups excluding carboxylic acids is 2. The lowest BCUT2D eigenvalue weighted by molar-refractivity contribution is -0.120. The van der Waals surface area contributed by atoms with E-state index < -0.39 is 23.4 Å². The molecular weight excluding hydrogens is 350 g/mol. The molecule has 0 aromatic heterocycles. The van der Waals surface area contributed by atoms with Gasteiger partial charge in [-0.15, -0.1) is 0 Å². The molecule has 0 spiro atoms. The molecular formula is C18H17ClF2N2O2. The summed E-state index contributed by atoms with van der Waals surface area (Å²) in [7, 11) is 0. The Morgan fingerprint density at radius 3 is 2.36 bits per heavy atom. The van der Waals surface area contributed by atoms with Gasteiger partial charge in [0.05, 0.1) is 10.7 Å². The van der Waals surface area contributed by atoms with Crippen molar-refractivity contribution in [2.75, 3.05) is 16.8 Å². The van der Waals surface area contributed by atoms with Gasteiger partial charge in [0.1, 0.15) is 6.54 Å². The minimum absolute atomic E-state index is 0.0910.